The summed E-state index contributed by atoms with van der Waals surface area (Å²) in [5, 5.41) is 0. The van der Waals surface area contributed by atoms with E-state index in [-0.39, 0.29) is 17.4 Å². The molecule has 73 heavy (non-hydrogen) atoms. The molecule has 6 N–H and O–H groups in total. The summed E-state index contributed by atoms with van der Waals surface area (Å²) < 4.78 is 21.7. The summed E-state index contributed by atoms with van der Waals surface area (Å²) >= 11 is 0. The van der Waals surface area contributed by atoms with Gasteiger partial charge in [-0.25, -0.2) is 19.9 Å². The zero-order valence-electron chi connectivity index (χ0n) is 40.8. The zero-order chi connectivity index (χ0) is 49.8. The van der Waals surface area contributed by atoms with Crippen LogP contribution in [0.25, 0.3) is 44.8 Å². The molecule has 0 atom stereocenters. The van der Waals surface area contributed by atoms with Gasteiger partial charge in [-0.2, -0.15) is 19.9 Å². The molecule has 0 amide bonds. The van der Waals surface area contributed by atoms with Crippen LogP contribution in [0.1, 0.15) is 22.3 Å². The minimum absolute atomic E-state index is 0. The molecule has 17 nitrogen and oxygen atoms in total. The number of hydrogen-bond donors (Lipinski definition) is 2. The van der Waals surface area contributed by atoms with E-state index in [1.165, 1.54) is 0 Å². The fraction of sp³-hybridized carbons (Fsp3) is 0.143. The van der Waals surface area contributed by atoms with Gasteiger partial charge >= 0.3 is 0 Å². The molecule has 0 aliphatic heterocycles. The minimum atomic E-state index is 0. The number of fused-ring (bicyclic) bond motifs is 2. The number of methoxy groups -OCH3 is 4. The van der Waals surface area contributed by atoms with Crippen LogP contribution in [0.5, 0.6) is 23.0 Å². The molecule has 0 aliphatic carbocycles. The van der Waals surface area contributed by atoms with E-state index in [1.54, 1.807) is 40.8 Å². The van der Waals surface area contributed by atoms with E-state index >= 15 is 0 Å². The van der Waals surface area contributed by atoms with Crippen LogP contribution >= 0.6 is 0 Å². The van der Waals surface area contributed by atoms with Gasteiger partial charge in [0, 0.05) is 37.3 Å². The van der Waals surface area contributed by atoms with Crippen LogP contribution < -0.4 is 40.2 Å². The van der Waals surface area contributed by atoms with Crippen molar-refractivity contribution in [3.63, 3.8) is 0 Å². The van der Waals surface area contributed by atoms with Crippen LogP contribution in [0, 0.1) is 0 Å². The molecule has 0 bridgehead atoms. The van der Waals surface area contributed by atoms with Gasteiger partial charge in [-0.15, -0.1) is 0 Å². The van der Waals surface area contributed by atoms with Gasteiger partial charge in [0.1, 0.15) is 0 Å². The maximum Gasteiger partial charge on any atom is 0.224 e. The third-order valence-electron chi connectivity index (χ3n) is 11.6. The molecule has 0 saturated carbocycles. The van der Waals surface area contributed by atoms with E-state index in [2.05, 4.69) is 88.2 Å². The van der Waals surface area contributed by atoms with Crippen molar-refractivity contribution in [1.82, 2.24) is 39.9 Å². The maximum absolute atomic E-state index is 6.12. The molecule has 0 unspecified atom stereocenters. The Morgan fingerprint density at radius 1 is 0.384 bits per heavy atom. The first-order valence-corrected chi connectivity index (χ1v) is 23.0. The SMILES string of the molecule is COc1ccc(-c2cnc3nc(N)nc(N(Cc4ccccc4)Cc4ccccc4)c3n2)cc1OC.COc1ccc(-c2cnc3nc(N)nc(N(Cc4ccccc4)Cc4ccccc4)c3n2)cc1OC.O. The summed E-state index contributed by atoms with van der Waals surface area (Å²) in [6, 6.07) is 52.2. The predicted molar refractivity (Wildman–Crippen MR) is 285 cm³/mol. The highest BCUT2D eigenvalue weighted by Gasteiger charge is 2.21. The Morgan fingerprint density at radius 3 is 1.00 bits per heavy atom. The Bertz CT molecular complexity index is 3110. The van der Waals surface area contributed by atoms with Crippen molar-refractivity contribution in [2.45, 2.75) is 26.2 Å². The smallest absolute Gasteiger partial charge is 0.224 e. The lowest BCUT2D eigenvalue weighted by Gasteiger charge is -2.25. The van der Waals surface area contributed by atoms with Crippen LogP contribution in [0.2, 0.25) is 0 Å². The molecule has 4 aromatic heterocycles. The third-order valence-corrected chi connectivity index (χ3v) is 11.6. The second kappa shape index (κ2) is 23.4. The predicted octanol–water partition coefficient (Wildman–Crippen LogP) is 8.96. The molecule has 6 aromatic carbocycles. The van der Waals surface area contributed by atoms with Gasteiger partial charge in [0.15, 0.2) is 57.0 Å². The Balaban J connectivity index is 0.000000192. The van der Waals surface area contributed by atoms with Crippen LogP contribution in [0.15, 0.2) is 170 Å². The molecular formula is C56H54N12O5. The van der Waals surface area contributed by atoms with Crippen LogP contribution in [0.3, 0.4) is 0 Å². The van der Waals surface area contributed by atoms with E-state index in [4.69, 9.17) is 40.4 Å². The van der Waals surface area contributed by atoms with Gasteiger partial charge in [0.2, 0.25) is 11.9 Å². The molecule has 0 aliphatic rings. The first-order valence-electron chi connectivity index (χ1n) is 23.0. The van der Waals surface area contributed by atoms with Crippen molar-refractivity contribution in [3.05, 3.63) is 192 Å². The second-order valence-electron chi connectivity index (χ2n) is 16.5. The normalized spacial score (nSPS) is 10.7. The summed E-state index contributed by atoms with van der Waals surface area (Å²) in [6.07, 6.45) is 3.36. The van der Waals surface area contributed by atoms with Gasteiger partial charge in [-0.3, -0.25) is 0 Å². The van der Waals surface area contributed by atoms with E-state index in [0.29, 0.717) is 94.5 Å². The number of ether oxygens (including phenoxy) is 4. The number of rotatable bonds is 16. The second-order valence-corrected chi connectivity index (χ2v) is 16.5. The van der Waals surface area contributed by atoms with Gasteiger partial charge in [0.05, 0.1) is 52.2 Å². The van der Waals surface area contributed by atoms with Gasteiger partial charge in [-0.1, -0.05) is 121 Å². The number of nitrogen functional groups attached to an aromatic ring is 2. The van der Waals surface area contributed by atoms with Crippen molar-refractivity contribution in [1.29, 1.82) is 0 Å². The average molecular weight is 975 g/mol. The Hall–Kier alpha value is -9.48. The molecule has 17 heteroatoms. The average Bonchev–Trinajstić information content (AvgIpc) is 3.43. The monoisotopic (exact) mass is 974 g/mol. The highest BCUT2D eigenvalue weighted by atomic mass is 16.5. The summed E-state index contributed by atoms with van der Waals surface area (Å²) in [5.41, 5.74) is 21.8. The summed E-state index contributed by atoms with van der Waals surface area (Å²) in [7, 11) is 6.42. The Morgan fingerprint density at radius 2 is 0.699 bits per heavy atom. The number of benzene rings is 6. The third kappa shape index (κ3) is 11.9. The molecule has 0 radical (unpaired) electrons. The molecule has 0 saturated heterocycles. The van der Waals surface area contributed by atoms with Crippen molar-refractivity contribution < 1.29 is 24.4 Å². The topological polar surface area (TPSA) is 230 Å². The highest BCUT2D eigenvalue weighted by Crippen LogP contribution is 2.35. The maximum atomic E-state index is 6.12. The fourth-order valence-corrected chi connectivity index (χ4v) is 8.16. The Kier molecular flexibility index (Phi) is 16.0. The highest BCUT2D eigenvalue weighted by molar-refractivity contribution is 5.87. The van der Waals surface area contributed by atoms with Crippen molar-refractivity contribution in [3.8, 4) is 45.5 Å². The van der Waals surface area contributed by atoms with Crippen molar-refractivity contribution in [2.75, 3.05) is 49.7 Å². The first kappa shape index (κ1) is 49.9. The summed E-state index contributed by atoms with van der Waals surface area (Å²) in [5.74, 6) is 4.06. The minimum Gasteiger partial charge on any atom is -0.493 e. The molecular weight excluding hydrogens is 921 g/mol. The summed E-state index contributed by atoms with van der Waals surface area (Å²) in [6.45, 7) is 2.46. The molecule has 0 spiro atoms. The molecule has 368 valence electrons. The number of nitrogens with zero attached hydrogens (tertiary/aromatic N) is 10. The molecule has 10 aromatic rings. The van der Waals surface area contributed by atoms with Crippen molar-refractivity contribution in [2.24, 2.45) is 0 Å². The van der Waals surface area contributed by atoms with Gasteiger partial charge < -0.3 is 45.7 Å². The van der Waals surface area contributed by atoms with E-state index in [9.17, 15) is 0 Å². The van der Waals surface area contributed by atoms with Gasteiger partial charge in [-0.05, 0) is 58.7 Å². The lowest BCUT2D eigenvalue weighted by Crippen LogP contribution is -2.24. The number of anilines is 4. The molecule has 10 rings (SSSR count). The van der Waals surface area contributed by atoms with Crippen LogP contribution in [0.4, 0.5) is 23.5 Å². The zero-order valence-corrected chi connectivity index (χ0v) is 40.8. The summed E-state index contributed by atoms with van der Waals surface area (Å²) in [4.78, 5) is 41.3. The van der Waals surface area contributed by atoms with Crippen molar-refractivity contribution >= 4 is 45.9 Å². The fourth-order valence-electron chi connectivity index (χ4n) is 8.16. The first-order chi connectivity index (χ1) is 35.3. The van der Waals surface area contributed by atoms with Crippen LogP contribution in [-0.4, -0.2) is 73.8 Å². The quantitative estimate of drug-likeness (QED) is 0.0920. The van der Waals surface area contributed by atoms with Gasteiger partial charge in [0.25, 0.3) is 0 Å². The lowest BCUT2D eigenvalue weighted by atomic mass is 10.1. The molecule has 4 heterocycles. The Labute approximate surface area is 422 Å². The number of nitrogens with two attached hydrogens (primary N) is 2. The lowest BCUT2D eigenvalue weighted by molar-refractivity contribution is 0.355. The standard InChI is InChI=1S/2C28H26N6O2.H2O/c2*1-35-23-14-13-21(15-24(23)36-2)22-16-30-26-25(31-22)27(33-28(29)32-26)34(17-19-9-5-3-6-10-19)18-20-11-7-4-8-12-20;/h2*3-16H,17-18H2,1-2H3,(H2,29,30,32,33);1H2. The van der Waals surface area contributed by atoms with E-state index in [1.807, 2.05) is 109 Å². The number of aromatic nitrogens is 8. The van der Waals surface area contributed by atoms with Crippen LogP contribution in [-0.2, 0) is 26.2 Å². The van der Waals surface area contributed by atoms with E-state index < -0.39 is 0 Å². The largest absolute Gasteiger partial charge is 0.493 e. The molecule has 0 fully saturated rings. The van der Waals surface area contributed by atoms with E-state index in [0.717, 1.165) is 33.4 Å². The number of hydrogen-bond acceptors (Lipinski definition) is 16.